The molecule has 0 radical (unpaired) electrons. The Morgan fingerprint density at radius 3 is 2.20 bits per heavy atom. The first-order valence-corrected chi connectivity index (χ1v) is 13.0. The predicted octanol–water partition coefficient (Wildman–Crippen LogP) is 4.02. The predicted molar refractivity (Wildman–Crippen MR) is 140 cm³/mol. The van der Waals surface area contributed by atoms with E-state index in [1.807, 2.05) is 19.9 Å². The van der Waals surface area contributed by atoms with Crippen molar-refractivity contribution in [1.29, 1.82) is 0 Å². The minimum Gasteiger partial charge on any atom is -0.497 e. The molecule has 0 spiro atoms. The van der Waals surface area contributed by atoms with Crippen LogP contribution in [0.1, 0.15) is 35.0 Å². The van der Waals surface area contributed by atoms with Crippen LogP contribution in [0.4, 0.5) is 5.69 Å². The van der Waals surface area contributed by atoms with Crippen LogP contribution in [0.3, 0.4) is 0 Å². The van der Waals surface area contributed by atoms with Gasteiger partial charge in [0.15, 0.2) is 0 Å². The molecule has 9 heteroatoms. The molecule has 0 saturated carbocycles. The fraction of sp³-hybridized carbons (Fsp3) is 0.308. The van der Waals surface area contributed by atoms with Crippen LogP contribution in [0, 0.1) is 27.7 Å². The second-order valence-electron chi connectivity index (χ2n) is 8.67. The van der Waals surface area contributed by atoms with Crippen molar-refractivity contribution in [1.82, 2.24) is 9.99 Å². The molecular weight excluding hydrogens is 464 g/mol. The van der Waals surface area contributed by atoms with Gasteiger partial charge in [-0.25, -0.2) is 13.8 Å². The van der Waals surface area contributed by atoms with Crippen LogP contribution in [-0.4, -0.2) is 44.5 Å². The summed E-state index contributed by atoms with van der Waals surface area (Å²) in [6.45, 7) is 9.65. The average molecular weight is 497 g/mol. The summed E-state index contributed by atoms with van der Waals surface area (Å²) in [5.41, 5.74) is 9.13. The van der Waals surface area contributed by atoms with E-state index >= 15 is 0 Å². The molecule has 0 aliphatic carbocycles. The van der Waals surface area contributed by atoms with E-state index in [9.17, 15) is 13.2 Å². The van der Waals surface area contributed by atoms with E-state index in [1.54, 1.807) is 30.5 Å². The summed E-state index contributed by atoms with van der Waals surface area (Å²) in [5.74, 6) is 0.0351. The molecule has 0 aliphatic heterocycles. The van der Waals surface area contributed by atoms with E-state index < -0.39 is 22.0 Å². The van der Waals surface area contributed by atoms with Crippen LogP contribution in [-0.2, 0) is 14.8 Å². The Kier molecular flexibility index (Phi) is 7.70. The Bertz CT molecular complexity index is 1340. The number of carbonyl (C=O) groups is 1. The molecule has 186 valence electrons. The van der Waals surface area contributed by atoms with Gasteiger partial charge in [-0.3, -0.25) is 9.10 Å². The lowest BCUT2D eigenvalue weighted by Gasteiger charge is -2.27. The second-order valence-corrected chi connectivity index (χ2v) is 10.5. The van der Waals surface area contributed by atoms with Crippen molar-refractivity contribution in [3.8, 4) is 11.4 Å². The number of hydrogen-bond acceptors (Lipinski definition) is 5. The summed E-state index contributed by atoms with van der Waals surface area (Å²) in [4.78, 5) is 12.8. The van der Waals surface area contributed by atoms with Gasteiger partial charge in [-0.15, -0.1) is 0 Å². The topological polar surface area (TPSA) is 93.0 Å². The first kappa shape index (κ1) is 26.0. The second kappa shape index (κ2) is 10.4. The number of benzene rings is 2. The zero-order chi connectivity index (χ0) is 25.9. The zero-order valence-electron chi connectivity index (χ0n) is 21.2. The number of anilines is 1. The minimum atomic E-state index is -3.73. The first-order valence-electron chi connectivity index (χ1n) is 11.2. The molecule has 1 aromatic heterocycles. The normalized spacial score (nSPS) is 12.5. The summed E-state index contributed by atoms with van der Waals surface area (Å²) in [6, 6.07) is 13.8. The number of sulfonamides is 1. The van der Waals surface area contributed by atoms with E-state index in [2.05, 4.69) is 47.1 Å². The number of methoxy groups -OCH3 is 1. The van der Waals surface area contributed by atoms with Crippen LogP contribution in [0.25, 0.3) is 5.69 Å². The summed E-state index contributed by atoms with van der Waals surface area (Å²) < 4.78 is 33.3. The number of nitrogens with zero attached hydrogens (tertiary/aromatic N) is 3. The molecule has 0 aliphatic rings. The lowest BCUT2D eigenvalue weighted by atomic mass is 10.1. The van der Waals surface area contributed by atoms with Gasteiger partial charge in [-0.1, -0.05) is 6.07 Å². The van der Waals surface area contributed by atoms with Crippen molar-refractivity contribution in [2.45, 2.75) is 40.7 Å². The van der Waals surface area contributed by atoms with Crippen molar-refractivity contribution in [2.24, 2.45) is 5.10 Å². The zero-order valence-corrected chi connectivity index (χ0v) is 22.0. The monoisotopic (exact) mass is 496 g/mol. The van der Waals surface area contributed by atoms with Gasteiger partial charge >= 0.3 is 0 Å². The van der Waals surface area contributed by atoms with Gasteiger partial charge < -0.3 is 9.30 Å². The van der Waals surface area contributed by atoms with Crippen molar-refractivity contribution in [2.75, 3.05) is 17.7 Å². The van der Waals surface area contributed by atoms with Crippen molar-refractivity contribution >= 4 is 27.8 Å². The molecule has 2 aromatic carbocycles. The lowest BCUT2D eigenvalue weighted by molar-refractivity contribution is -0.121. The molecule has 3 rings (SSSR count). The number of ether oxygens (including phenoxy) is 1. The quantitative estimate of drug-likeness (QED) is 0.377. The third-order valence-corrected chi connectivity index (χ3v) is 6.97. The molecule has 3 aromatic rings. The number of hydrazone groups is 1. The fourth-order valence-corrected chi connectivity index (χ4v) is 5.37. The van der Waals surface area contributed by atoms with E-state index in [0.717, 1.165) is 33.2 Å². The molecular formula is C26H32N4O4S. The molecule has 0 bridgehead atoms. The number of aromatic nitrogens is 1. The highest BCUT2D eigenvalue weighted by Gasteiger charge is 2.29. The molecule has 1 amide bonds. The Hall–Kier alpha value is -3.59. The van der Waals surface area contributed by atoms with E-state index in [0.29, 0.717) is 11.4 Å². The minimum absolute atomic E-state index is 0.358. The highest BCUT2D eigenvalue weighted by atomic mass is 32.2. The van der Waals surface area contributed by atoms with Crippen LogP contribution >= 0.6 is 0 Å². The molecule has 1 atom stereocenters. The van der Waals surface area contributed by atoms with Gasteiger partial charge in [-0.05, 0) is 88.2 Å². The Labute approximate surface area is 207 Å². The molecule has 1 N–H and O–H groups in total. The van der Waals surface area contributed by atoms with Gasteiger partial charge in [0.05, 0.1) is 25.3 Å². The molecule has 1 heterocycles. The maximum absolute atomic E-state index is 12.8. The van der Waals surface area contributed by atoms with Crippen LogP contribution in [0.5, 0.6) is 5.75 Å². The van der Waals surface area contributed by atoms with Gasteiger partial charge in [0.2, 0.25) is 10.0 Å². The van der Waals surface area contributed by atoms with Gasteiger partial charge in [0, 0.05) is 22.6 Å². The standard InChI is InChI=1S/C26H32N4O4S/c1-17-12-18(2)14-24(13-17)29-19(3)15-22(20(29)4)16-27-28-26(31)21(5)30(35(7,32)33)23-8-10-25(34-6)11-9-23/h8-16,21H,1-7H3,(H,28,31)/b27-16-/t21-/m0/s1. The van der Waals surface area contributed by atoms with E-state index in [1.165, 1.54) is 25.2 Å². The number of nitrogens with one attached hydrogen (secondary N) is 1. The Morgan fingerprint density at radius 1 is 1.06 bits per heavy atom. The third-order valence-electron chi connectivity index (χ3n) is 5.73. The number of carbonyl (C=O) groups excluding carboxylic acids is 1. The first-order chi connectivity index (χ1) is 16.4. The van der Waals surface area contributed by atoms with Crippen molar-refractivity contribution in [3.05, 3.63) is 76.6 Å². The van der Waals surface area contributed by atoms with Crippen molar-refractivity contribution < 1.29 is 17.9 Å². The third kappa shape index (κ3) is 5.92. The highest BCUT2D eigenvalue weighted by molar-refractivity contribution is 7.92. The van der Waals surface area contributed by atoms with Crippen molar-refractivity contribution in [3.63, 3.8) is 0 Å². The van der Waals surface area contributed by atoms with E-state index in [-0.39, 0.29) is 0 Å². The molecule has 0 fully saturated rings. The highest BCUT2D eigenvalue weighted by Crippen LogP contribution is 2.24. The van der Waals surface area contributed by atoms with Gasteiger partial charge in [0.25, 0.3) is 5.91 Å². The largest absolute Gasteiger partial charge is 0.497 e. The number of hydrogen-bond donors (Lipinski definition) is 1. The molecule has 8 nitrogen and oxygen atoms in total. The van der Waals surface area contributed by atoms with Gasteiger partial charge in [-0.2, -0.15) is 5.10 Å². The Morgan fingerprint density at radius 2 is 1.66 bits per heavy atom. The SMILES string of the molecule is COc1ccc(N([C@@H](C)C(=O)N/N=C\c2cc(C)n(-c3cc(C)cc(C)c3)c2C)S(C)(=O)=O)cc1. The molecule has 35 heavy (non-hydrogen) atoms. The molecule has 0 saturated heterocycles. The van der Waals surface area contributed by atoms with Gasteiger partial charge in [0.1, 0.15) is 11.8 Å². The number of rotatable bonds is 8. The number of amides is 1. The number of aryl methyl sites for hydroxylation is 3. The maximum Gasteiger partial charge on any atom is 0.263 e. The maximum atomic E-state index is 12.8. The Balaban J connectivity index is 1.80. The smallest absolute Gasteiger partial charge is 0.263 e. The van der Waals surface area contributed by atoms with Crippen LogP contribution in [0.2, 0.25) is 0 Å². The summed E-state index contributed by atoms with van der Waals surface area (Å²) in [6.07, 6.45) is 2.64. The van der Waals surface area contributed by atoms with E-state index in [4.69, 9.17) is 4.74 Å². The molecule has 0 unspecified atom stereocenters. The fourth-order valence-electron chi connectivity index (χ4n) is 4.19. The lowest BCUT2D eigenvalue weighted by Crippen LogP contribution is -2.46. The van der Waals surface area contributed by atoms with Crippen LogP contribution < -0.4 is 14.5 Å². The average Bonchev–Trinajstić information content (AvgIpc) is 3.05. The summed E-state index contributed by atoms with van der Waals surface area (Å²) >= 11 is 0. The summed E-state index contributed by atoms with van der Waals surface area (Å²) in [7, 11) is -2.20. The summed E-state index contributed by atoms with van der Waals surface area (Å²) in [5, 5.41) is 4.11. The van der Waals surface area contributed by atoms with Crippen LogP contribution in [0.15, 0.2) is 53.6 Å².